The van der Waals surface area contributed by atoms with Gasteiger partial charge in [0.05, 0.1) is 11.4 Å². The zero-order valence-electron chi connectivity index (χ0n) is 9.31. The third-order valence-electron chi connectivity index (χ3n) is 2.40. The van der Waals surface area contributed by atoms with Crippen molar-refractivity contribution in [2.24, 2.45) is 0 Å². The summed E-state index contributed by atoms with van der Waals surface area (Å²) in [7, 11) is 0. The fourth-order valence-corrected chi connectivity index (χ4v) is 1.64. The average Bonchev–Trinajstić information content (AvgIpc) is 2.29. The van der Waals surface area contributed by atoms with Crippen LogP contribution in [0, 0.1) is 0 Å². The van der Waals surface area contributed by atoms with Crippen LogP contribution in [0.4, 0.5) is 0 Å². The van der Waals surface area contributed by atoms with E-state index in [-0.39, 0.29) is 0 Å². The van der Waals surface area contributed by atoms with Crippen LogP contribution in [-0.4, -0.2) is 10.2 Å². The zero-order valence-corrected chi connectivity index (χ0v) is 10.1. The Morgan fingerprint density at radius 2 is 1.88 bits per heavy atom. The molecular weight excluding hydrogens is 220 g/mol. The lowest BCUT2D eigenvalue weighted by Gasteiger charge is -2.04. The number of rotatable bonds is 2. The van der Waals surface area contributed by atoms with Crippen molar-refractivity contribution in [3.63, 3.8) is 0 Å². The van der Waals surface area contributed by atoms with E-state index in [4.69, 9.17) is 11.6 Å². The van der Waals surface area contributed by atoms with E-state index in [1.54, 1.807) is 0 Å². The van der Waals surface area contributed by atoms with Crippen LogP contribution in [0.5, 0.6) is 0 Å². The molecule has 0 saturated heterocycles. The van der Waals surface area contributed by atoms with E-state index in [2.05, 4.69) is 24.0 Å². The summed E-state index contributed by atoms with van der Waals surface area (Å²) in [6, 6.07) is 11.6. The Balaban J connectivity index is 2.35. The fraction of sp³-hybridized carbons (Fsp3) is 0.231. The van der Waals surface area contributed by atoms with Gasteiger partial charge in [-0.25, -0.2) is 0 Å². The number of halogens is 1. The Kier molecular flexibility index (Phi) is 3.20. The largest absolute Gasteiger partial charge is 0.155 e. The lowest BCUT2D eigenvalue weighted by Crippen LogP contribution is -1.96. The monoisotopic (exact) mass is 232 g/mol. The second-order valence-corrected chi connectivity index (χ2v) is 4.44. The third-order valence-corrected chi connectivity index (χ3v) is 2.63. The molecule has 0 radical (unpaired) electrons. The Morgan fingerprint density at radius 3 is 2.44 bits per heavy atom. The Morgan fingerprint density at radius 1 is 1.06 bits per heavy atom. The van der Waals surface area contributed by atoms with Crippen LogP contribution < -0.4 is 0 Å². The molecular formula is C13H13ClN2. The molecule has 0 amide bonds. The van der Waals surface area contributed by atoms with Crippen LogP contribution in [0.2, 0.25) is 5.02 Å². The van der Waals surface area contributed by atoms with Gasteiger partial charge in [0.1, 0.15) is 0 Å². The Labute approximate surface area is 100 Å². The molecule has 0 aliphatic carbocycles. The summed E-state index contributed by atoms with van der Waals surface area (Å²) in [5.74, 6) is 0.404. The summed E-state index contributed by atoms with van der Waals surface area (Å²) in [6.45, 7) is 4.20. The molecule has 1 heterocycles. The molecule has 0 aliphatic rings. The van der Waals surface area contributed by atoms with Crippen LogP contribution in [0.25, 0.3) is 11.3 Å². The molecule has 1 aromatic carbocycles. The molecule has 0 aliphatic heterocycles. The van der Waals surface area contributed by atoms with Gasteiger partial charge in [-0.2, -0.15) is 10.2 Å². The fourth-order valence-electron chi connectivity index (χ4n) is 1.45. The molecule has 2 aromatic rings. The first kappa shape index (κ1) is 11.1. The van der Waals surface area contributed by atoms with Crippen LogP contribution in [-0.2, 0) is 0 Å². The first-order valence-electron chi connectivity index (χ1n) is 5.26. The van der Waals surface area contributed by atoms with E-state index in [0.29, 0.717) is 10.9 Å². The van der Waals surface area contributed by atoms with Crippen LogP contribution in [0.1, 0.15) is 25.5 Å². The van der Waals surface area contributed by atoms with E-state index < -0.39 is 0 Å². The second-order valence-electron chi connectivity index (χ2n) is 4.01. The van der Waals surface area contributed by atoms with Gasteiger partial charge in [0, 0.05) is 10.6 Å². The SMILES string of the molecule is CC(C)c1ccc(-c2cccc(Cl)c2)nn1. The minimum absolute atomic E-state index is 0.404. The van der Waals surface area contributed by atoms with Gasteiger partial charge in [0.15, 0.2) is 0 Å². The molecule has 82 valence electrons. The first-order valence-corrected chi connectivity index (χ1v) is 5.64. The number of aromatic nitrogens is 2. The highest BCUT2D eigenvalue weighted by atomic mass is 35.5. The first-order chi connectivity index (χ1) is 7.66. The topological polar surface area (TPSA) is 25.8 Å². The highest BCUT2D eigenvalue weighted by Gasteiger charge is 2.04. The van der Waals surface area contributed by atoms with Gasteiger partial charge < -0.3 is 0 Å². The summed E-state index contributed by atoms with van der Waals surface area (Å²) < 4.78 is 0. The molecule has 2 rings (SSSR count). The number of nitrogens with zero attached hydrogens (tertiary/aromatic N) is 2. The summed E-state index contributed by atoms with van der Waals surface area (Å²) in [6.07, 6.45) is 0. The lowest BCUT2D eigenvalue weighted by molar-refractivity contribution is 0.787. The third kappa shape index (κ3) is 2.39. The van der Waals surface area contributed by atoms with Gasteiger partial charge >= 0.3 is 0 Å². The summed E-state index contributed by atoms with van der Waals surface area (Å²) >= 11 is 5.93. The van der Waals surface area contributed by atoms with Gasteiger partial charge in [0.25, 0.3) is 0 Å². The summed E-state index contributed by atoms with van der Waals surface area (Å²) in [4.78, 5) is 0. The quantitative estimate of drug-likeness (QED) is 0.784. The van der Waals surface area contributed by atoms with Gasteiger partial charge in [-0.1, -0.05) is 37.6 Å². The number of hydrogen-bond acceptors (Lipinski definition) is 2. The van der Waals surface area contributed by atoms with Crippen molar-refractivity contribution in [2.75, 3.05) is 0 Å². The molecule has 0 atom stereocenters. The minimum atomic E-state index is 0.404. The molecule has 0 bridgehead atoms. The summed E-state index contributed by atoms with van der Waals surface area (Å²) in [5, 5.41) is 9.11. The van der Waals surface area contributed by atoms with E-state index in [9.17, 15) is 0 Å². The van der Waals surface area contributed by atoms with Gasteiger partial charge in [-0.05, 0) is 30.2 Å². The Hall–Kier alpha value is -1.41. The van der Waals surface area contributed by atoms with E-state index in [1.165, 1.54) is 0 Å². The highest BCUT2D eigenvalue weighted by Crippen LogP contribution is 2.21. The van der Waals surface area contributed by atoms with Crippen molar-refractivity contribution in [3.05, 3.63) is 47.1 Å². The number of hydrogen-bond donors (Lipinski definition) is 0. The predicted octanol–water partition coefficient (Wildman–Crippen LogP) is 3.92. The zero-order chi connectivity index (χ0) is 11.5. The molecule has 16 heavy (non-hydrogen) atoms. The van der Waals surface area contributed by atoms with Gasteiger partial charge in [-0.3, -0.25) is 0 Å². The maximum atomic E-state index is 5.93. The standard InChI is InChI=1S/C13H13ClN2/c1-9(2)12-6-7-13(16-15-12)10-4-3-5-11(14)8-10/h3-9H,1-2H3. The minimum Gasteiger partial charge on any atom is -0.155 e. The number of benzene rings is 1. The van der Waals surface area contributed by atoms with Crippen molar-refractivity contribution < 1.29 is 0 Å². The molecule has 2 nitrogen and oxygen atoms in total. The molecule has 0 fully saturated rings. The van der Waals surface area contributed by atoms with Crippen LogP contribution in [0.15, 0.2) is 36.4 Å². The van der Waals surface area contributed by atoms with Gasteiger partial charge in [0.2, 0.25) is 0 Å². The van der Waals surface area contributed by atoms with Crippen molar-refractivity contribution in [2.45, 2.75) is 19.8 Å². The van der Waals surface area contributed by atoms with E-state index >= 15 is 0 Å². The van der Waals surface area contributed by atoms with Crippen molar-refractivity contribution in [1.29, 1.82) is 0 Å². The average molecular weight is 233 g/mol. The van der Waals surface area contributed by atoms with E-state index in [0.717, 1.165) is 17.0 Å². The molecule has 1 aromatic heterocycles. The lowest BCUT2D eigenvalue weighted by atomic mass is 10.1. The molecule has 0 saturated carbocycles. The molecule has 0 N–H and O–H groups in total. The second kappa shape index (κ2) is 4.62. The van der Waals surface area contributed by atoms with Crippen LogP contribution in [0.3, 0.4) is 0 Å². The maximum Gasteiger partial charge on any atom is 0.0930 e. The van der Waals surface area contributed by atoms with Crippen molar-refractivity contribution >= 4 is 11.6 Å². The normalized spacial score (nSPS) is 10.8. The molecule has 0 unspecified atom stereocenters. The van der Waals surface area contributed by atoms with Crippen molar-refractivity contribution in [3.8, 4) is 11.3 Å². The predicted molar refractivity (Wildman–Crippen MR) is 66.6 cm³/mol. The Bertz CT molecular complexity index is 478. The highest BCUT2D eigenvalue weighted by molar-refractivity contribution is 6.30. The van der Waals surface area contributed by atoms with E-state index in [1.807, 2.05) is 36.4 Å². The van der Waals surface area contributed by atoms with Gasteiger partial charge in [-0.15, -0.1) is 0 Å². The smallest absolute Gasteiger partial charge is 0.0930 e. The van der Waals surface area contributed by atoms with Crippen LogP contribution >= 0.6 is 11.6 Å². The molecule has 0 spiro atoms. The van der Waals surface area contributed by atoms with Crippen molar-refractivity contribution in [1.82, 2.24) is 10.2 Å². The maximum absolute atomic E-state index is 5.93. The molecule has 3 heteroatoms. The summed E-state index contributed by atoms with van der Waals surface area (Å²) in [5.41, 5.74) is 2.85.